The number of halogens is 1. The van der Waals surface area contributed by atoms with Crippen LogP contribution in [0.1, 0.15) is 12.0 Å². The van der Waals surface area contributed by atoms with E-state index in [0.717, 1.165) is 18.5 Å². The second kappa shape index (κ2) is 7.52. The summed E-state index contributed by atoms with van der Waals surface area (Å²) >= 11 is 0. The molecule has 0 aliphatic carbocycles. The molecule has 2 rings (SSSR count). The molecule has 1 atom stereocenters. The Hall–Kier alpha value is -1.46. The largest absolute Gasteiger partial charge is 0.374 e. The van der Waals surface area contributed by atoms with Crippen LogP contribution in [0, 0.1) is 5.82 Å². The molecule has 116 valence electrons. The van der Waals surface area contributed by atoms with Crippen LogP contribution in [0.2, 0.25) is 0 Å². The number of benzene rings is 1. The average Bonchev–Trinajstić information content (AvgIpc) is 2.48. The topological polar surface area (TPSA) is 32.8 Å². The second-order valence-electron chi connectivity index (χ2n) is 5.73. The van der Waals surface area contributed by atoms with Crippen molar-refractivity contribution < 1.29 is 13.9 Å². The molecule has 0 radical (unpaired) electrons. The van der Waals surface area contributed by atoms with Gasteiger partial charge in [-0.3, -0.25) is 4.79 Å². The number of ether oxygens (including phenoxy) is 1. The molecule has 1 amide bonds. The molecule has 1 fully saturated rings. The number of morpholine rings is 1. The Morgan fingerprint density at radius 1 is 1.38 bits per heavy atom. The smallest absolute Gasteiger partial charge is 0.227 e. The van der Waals surface area contributed by atoms with E-state index in [1.807, 2.05) is 19.0 Å². The van der Waals surface area contributed by atoms with Crippen molar-refractivity contribution in [1.29, 1.82) is 0 Å². The maximum atomic E-state index is 12.9. The fourth-order valence-electron chi connectivity index (χ4n) is 2.41. The van der Waals surface area contributed by atoms with Crippen LogP contribution in [-0.2, 0) is 16.0 Å². The predicted octanol–water partition coefficient (Wildman–Crippen LogP) is 1.55. The van der Waals surface area contributed by atoms with E-state index in [4.69, 9.17) is 4.74 Å². The van der Waals surface area contributed by atoms with Gasteiger partial charge in [-0.15, -0.1) is 0 Å². The summed E-state index contributed by atoms with van der Waals surface area (Å²) < 4.78 is 18.6. The summed E-state index contributed by atoms with van der Waals surface area (Å²) in [5.41, 5.74) is 0.845. The molecule has 1 aromatic carbocycles. The van der Waals surface area contributed by atoms with E-state index in [0.29, 0.717) is 26.1 Å². The molecule has 0 bridgehead atoms. The van der Waals surface area contributed by atoms with E-state index >= 15 is 0 Å². The van der Waals surface area contributed by atoms with Crippen molar-refractivity contribution >= 4 is 5.91 Å². The quantitative estimate of drug-likeness (QED) is 0.826. The lowest BCUT2D eigenvalue weighted by molar-refractivity contribution is -0.138. The molecule has 1 unspecified atom stereocenters. The zero-order valence-corrected chi connectivity index (χ0v) is 12.7. The van der Waals surface area contributed by atoms with Crippen molar-refractivity contribution in [3.05, 3.63) is 35.6 Å². The van der Waals surface area contributed by atoms with Gasteiger partial charge < -0.3 is 14.5 Å². The van der Waals surface area contributed by atoms with Crippen LogP contribution >= 0.6 is 0 Å². The van der Waals surface area contributed by atoms with Gasteiger partial charge >= 0.3 is 0 Å². The number of hydrogen-bond donors (Lipinski definition) is 0. The third kappa shape index (κ3) is 5.10. The first-order valence-electron chi connectivity index (χ1n) is 7.33. The van der Waals surface area contributed by atoms with Gasteiger partial charge in [-0.05, 0) is 38.2 Å². The Morgan fingerprint density at radius 2 is 2.10 bits per heavy atom. The molecule has 5 heteroatoms. The van der Waals surface area contributed by atoms with Crippen molar-refractivity contribution in [3.8, 4) is 0 Å². The second-order valence-corrected chi connectivity index (χ2v) is 5.73. The summed E-state index contributed by atoms with van der Waals surface area (Å²) in [6, 6.07) is 6.11. The molecule has 1 aliphatic rings. The first kappa shape index (κ1) is 15.9. The molecule has 1 heterocycles. The summed E-state index contributed by atoms with van der Waals surface area (Å²) in [4.78, 5) is 16.3. The summed E-state index contributed by atoms with van der Waals surface area (Å²) in [7, 11) is 4.06. The van der Waals surface area contributed by atoms with Crippen molar-refractivity contribution in [2.45, 2.75) is 18.9 Å². The Bertz CT molecular complexity index is 462. The molecule has 0 aromatic heterocycles. The summed E-state index contributed by atoms with van der Waals surface area (Å²) in [5.74, 6) is -0.193. The van der Waals surface area contributed by atoms with Crippen molar-refractivity contribution in [2.24, 2.45) is 0 Å². The maximum absolute atomic E-state index is 12.9. The summed E-state index contributed by atoms with van der Waals surface area (Å²) in [6.45, 7) is 2.82. The molecular weight excluding hydrogens is 271 g/mol. The minimum Gasteiger partial charge on any atom is -0.374 e. The predicted molar refractivity (Wildman–Crippen MR) is 79.6 cm³/mol. The Kier molecular flexibility index (Phi) is 5.70. The first-order valence-corrected chi connectivity index (χ1v) is 7.33. The number of amides is 1. The van der Waals surface area contributed by atoms with E-state index in [2.05, 4.69) is 4.90 Å². The van der Waals surface area contributed by atoms with Gasteiger partial charge in [0.2, 0.25) is 5.91 Å². The SMILES string of the molecule is CN(C)CCC1CN(C(=O)Cc2ccc(F)cc2)CCO1. The fourth-order valence-corrected chi connectivity index (χ4v) is 2.41. The van der Waals surface area contributed by atoms with E-state index < -0.39 is 0 Å². The van der Waals surface area contributed by atoms with Crippen LogP contribution in [0.5, 0.6) is 0 Å². The molecular formula is C16H23FN2O2. The third-order valence-electron chi connectivity index (χ3n) is 3.66. The van der Waals surface area contributed by atoms with Crippen molar-refractivity contribution in [1.82, 2.24) is 9.80 Å². The van der Waals surface area contributed by atoms with Gasteiger partial charge in [0.15, 0.2) is 0 Å². The minimum atomic E-state index is -0.277. The average molecular weight is 294 g/mol. The molecule has 0 spiro atoms. The van der Waals surface area contributed by atoms with Crippen LogP contribution in [0.15, 0.2) is 24.3 Å². The lowest BCUT2D eigenvalue weighted by atomic mass is 10.1. The van der Waals surface area contributed by atoms with Crippen LogP contribution in [0.4, 0.5) is 4.39 Å². The van der Waals surface area contributed by atoms with Gasteiger partial charge in [0.05, 0.1) is 19.1 Å². The standard InChI is InChI=1S/C16H23FN2O2/c1-18(2)8-7-15-12-19(9-10-21-15)16(20)11-13-3-5-14(17)6-4-13/h3-6,15H,7-12H2,1-2H3. The Labute approximate surface area is 125 Å². The normalized spacial score (nSPS) is 19.0. The fraction of sp³-hybridized carbons (Fsp3) is 0.562. The van der Waals surface area contributed by atoms with Gasteiger partial charge in [0, 0.05) is 19.6 Å². The van der Waals surface area contributed by atoms with E-state index in [9.17, 15) is 9.18 Å². The zero-order chi connectivity index (χ0) is 15.2. The molecule has 1 saturated heterocycles. The Balaban J connectivity index is 1.85. The van der Waals surface area contributed by atoms with Crippen LogP contribution < -0.4 is 0 Å². The van der Waals surface area contributed by atoms with E-state index in [1.54, 1.807) is 12.1 Å². The highest BCUT2D eigenvalue weighted by Crippen LogP contribution is 2.12. The van der Waals surface area contributed by atoms with Crippen molar-refractivity contribution in [2.75, 3.05) is 40.3 Å². The summed E-state index contributed by atoms with van der Waals surface area (Å²) in [5, 5.41) is 0. The highest BCUT2D eigenvalue weighted by Gasteiger charge is 2.24. The van der Waals surface area contributed by atoms with Gasteiger partial charge in [-0.2, -0.15) is 0 Å². The molecule has 1 aliphatic heterocycles. The van der Waals surface area contributed by atoms with Gasteiger partial charge in [-0.25, -0.2) is 4.39 Å². The number of carbonyl (C=O) groups excluding carboxylic acids is 1. The van der Waals surface area contributed by atoms with Crippen LogP contribution in [0.25, 0.3) is 0 Å². The molecule has 0 N–H and O–H groups in total. The van der Waals surface area contributed by atoms with Gasteiger partial charge in [0.1, 0.15) is 5.82 Å². The molecule has 1 aromatic rings. The third-order valence-corrected chi connectivity index (χ3v) is 3.66. The van der Waals surface area contributed by atoms with E-state index in [-0.39, 0.29) is 17.8 Å². The van der Waals surface area contributed by atoms with Gasteiger partial charge in [0.25, 0.3) is 0 Å². The Morgan fingerprint density at radius 3 is 2.76 bits per heavy atom. The number of rotatable bonds is 5. The van der Waals surface area contributed by atoms with Crippen LogP contribution in [-0.4, -0.2) is 62.1 Å². The molecule has 21 heavy (non-hydrogen) atoms. The maximum Gasteiger partial charge on any atom is 0.227 e. The summed E-state index contributed by atoms with van der Waals surface area (Å²) in [6.07, 6.45) is 1.35. The molecule has 0 saturated carbocycles. The first-order chi connectivity index (χ1) is 10.0. The lowest BCUT2D eigenvalue weighted by Gasteiger charge is -2.33. The molecule has 4 nitrogen and oxygen atoms in total. The zero-order valence-electron chi connectivity index (χ0n) is 12.7. The number of carbonyl (C=O) groups is 1. The van der Waals surface area contributed by atoms with Crippen LogP contribution in [0.3, 0.4) is 0 Å². The highest BCUT2D eigenvalue weighted by atomic mass is 19.1. The lowest BCUT2D eigenvalue weighted by Crippen LogP contribution is -2.46. The highest BCUT2D eigenvalue weighted by molar-refractivity contribution is 5.78. The van der Waals surface area contributed by atoms with E-state index in [1.165, 1.54) is 12.1 Å². The van der Waals surface area contributed by atoms with Crippen molar-refractivity contribution in [3.63, 3.8) is 0 Å². The number of hydrogen-bond acceptors (Lipinski definition) is 3. The minimum absolute atomic E-state index is 0.0831. The number of nitrogens with zero attached hydrogens (tertiary/aromatic N) is 2. The monoisotopic (exact) mass is 294 g/mol. The van der Waals surface area contributed by atoms with Gasteiger partial charge in [-0.1, -0.05) is 12.1 Å².